The van der Waals surface area contributed by atoms with Crippen molar-refractivity contribution < 1.29 is 18.3 Å². The average molecular weight is 292 g/mol. The van der Waals surface area contributed by atoms with Gasteiger partial charge in [0.25, 0.3) is 0 Å². The average Bonchev–Trinajstić information content (AvgIpc) is 2.49. The molecule has 0 saturated carbocycles. The summed E-state index contributed by atoms with van der Waals surface area (Å²) in [5, 5.41) is 4.80. The summed E-state index contributed by atoms with van der Waals surface area (Å²) in [6, 6.07) is 9.38. The van der Waals surface area contributed by atoms with Gasteiger partial charge in [-0.3, -0.25) is 0 Å². The van der Waals surface area contributed by atoms with E-state index in [2.05, 4.69) is 10.6 Å². The number of ether oxygens (including phenoxy) is 1. The molecule has 0 unspecified atom stereocenters. The van der Waals surface area contributed by atoms with Crippen LogP contribution in [0.2, 0.25) is 0 Å². The standard InChI is InChI=1S/C15H14F2N2O2/c1-21-12-4-2-3-10(7-12)9-18-15(20)19-14-8-11(16)5-6-13(14)17/h2-8H,9H2,1H3,(H2,18,19,20). The molecule has 0 atom stereocenters. The molecule has 0 heterocycles. The summed E-state index contributed by atoms with van der Waals surface area (Å²) in [4.78, 5) is 11.7. The van der Waals surface area contributed by atoms with E-state index in [9.17, 15) is 13.6 Å². The van der Waals surface area contributed by atoms with Crippen molar-refractivity contribution in [3.05, 3.63) is 59.7 Å². The summed E-state index contributed by atoms with van der Waals surface area (Å²) in [5.41, 5.74) is 0.613. The SMILES string of the molecule is COc1cccc(CNC(=O)Nc2cc(F)ccc2F)c1. The Bertz CT molecular complexity index is 647. The van der Waals surface area contributed by atoms with Crippen LogP contribution in [-0.4, -0.2) is 13.1 Å². The van der Waals surface area contributed by atoms with Gasteiger partial charge in [-0.25, -0.2) is 13.6 Å². The molecule has 110 valence electrons. The fourth-order valence-electron chi connectivity index (χ4n) is 1.72. The molecule has 2 N–H and O–H groups in total. The first kappa shape index (κ1) is 14.8. The predicted octanol–water partition coefficient (Wildman–Crippen LogP) is 3.30. The number of hydrogen-bond acceptors (Lipinski definition) is 2. The van der Waals surface area contributed by atoms with Crippen molar-refractivity contribution in [3.8, 4) is 5.75 Å². The number of hydrogen-bond donors (Lipinski definition) is 2. The molecule has 0 aliphatic carbocycles. The lowest BCUT2D eigenvalue weighted by Crippen LogP contribution is -2.28. The zero-order valence-corrected chi connectivity index (χ0v) is 11.3. The molecule has 2 aromatic rings. The van der Waals surface area contributed by atoms with E-state index >= 15 is 0 Å². The molecule has 2 amide bonds. The molecule has 2 aromatic carbocycles. The van der Waals surface area contributed by atoms with E-state index in [1.54, 1.807) is 25.3 Å². The van der Waals surface area contributed by atoms with Crippen LogP contribution >= 0.6 is 0 Å². The molecule has 6 heteroatoms. The van der Waals surface area contributed by atoms with Crippen molar-refractivity contribution in [3.63, 3.8) is 0 Å². The van der Waals surface area contributed by atoms with Crippen LogP contribution < -0.4 is 15.4 Å². The van der Waals surface area contributed by atoms with E-state index < -0.39 is 17.7 Å². The number of carbonyl (C=O) groups excluding carboxylic acids is 1. The van der Waals surface area contributed by atoms with Crippen LogP contribution in [0, 0.1) is 11.6 Å². The van der Waals surface area contributed by atoms with Crippen molar-refractivity contribution in [2.24, 2.45) is 0 Å². The van der Waals surface area contributed by atoms with Crippen molar-refractivity contribution in [2.75, 3.05) is 12.4 Å². The molecule has 0 aliphatic heterocycles. The maximum absolute atomic E-state index is 13.4. The summed E-state index contributed by atoms with van der Waals surface area (Å²) in [6.45, 7) is 0.236. The van der Waals surface area contributed by atoms with Gasteiger partial charge in [0.2, 0.25) is 0 Å². The summed E-state index contributed by atoms with van der Waals surface area (Å²) in [5.74, 6) is -0.654. The Labute approximate surface area is 120 Å². The summed E-state index contributed by atoms with van der Waals surface area (Å²) in [7, 11) is 1.55. The van der Waals surface area contributed by atoms with Crippen LogP contribution in [0.15, 0.2) is 42.5 Å². The highest BCUT2D eigenvalue weighted by molar-refractivity contribution is 5.89. The first-order chi connectivity index (χ1) is 10.1. The number of benzene rings is 2. The lowest BCUT2D eigenvalue weighted by atomic mass is 10.2. The molecule has 0 radical (unpaired) electrons. The van der Waals surface area contributed by atoms with Gasteiger partial charge in [-0.05, 0) is 29.8 Å². The first-order valence-electron chi connectivity index (χ1n) is 6.21. The molecule has 21 heavy (non-hydrogen) atoms. The number of amides is 2. The lowest BCUT2D eigenvalue weighted by molar-refractivity contribution is 0.251. The highest BCUT2D eigenvalue weighted by Crippen LogP contribution is 2.15. The van der Waals surface area contributed by atoms with E-state index in [1.807, 2.05) is 6.07 Å². The van der Waals surface area contributed by atoms with E-state index in [0.29, 0.717) is 5.75 Å². The molecule has 0 saturated heterocycles. The Balaban J connectivity index is 1.94. The fourth-order valence-corrected chi connectivity index (χ4v) is 1.72. The zero-order valence-electron chi connectivity index (χ0n) is 11.3. The zero-order chi connectivity index (χ0) is 15.2. The van der Waals surface area contributed by atoms with E-state index in [0.717, 1.165) is 23.8 Å². The minimum atomic E-state index is -0.701. The maximum Gasteiger partial charge on any atom is 0.319 e. The Morgan fingerprint density at radius 3 is 2.76 bits per heavy atom. The Kier molecular flexibility index (Phi) is 4.71. The molecule has 0 bridgehead atoms. The molecule has 0 fully saturated rings. The minimum Gasteiger partial charge on any atom is -0.497 e. The Hall–Kier alpha value is -2.63. The quantitative estimate of drug-likeness (QED) is 0.908. The van der Waals surface area contributed by atoms with Gasteiger partial charge in [0, 0.05) is 12.6 Å². The van der Waals surface area contributed by atoms with Crippen LogP contribution in [0.4, 0.5) is 19.3 Å². The van der Waals surface area contributed by atoms with E-state index in [1.165, 1.54) is 0 Å². The third-order valence-electron chi connectivity index (χ3n) is 2.76. The van der Waals surface area contributed by atoms with E-state index in [4.69, 9.17) is 4.74 Å². The lowest BCUT2D eigenvalue weighted by Gasteiger charge is -2.09. The number of rotatable bonds is 4. The minimum absolute atomic E-state index is 0.210. The van der Waals surface area contributed by atoms with E-state index in [-0.39, 0.29) is 12.2 Å². The number of urea groups is 1. The number of nitrogens with one attached hydrogen (secondary N) is 2. The highest BCUT2D eigenvalue weighted by Gasteiger charge is 2.08. The third kappa shape index (κ3) is 4.17. The normalized spacial score (nSPS) is 10.0. The second kappa shape index (κ2) is 6.69. The van der Waals surface area contributed by atoms with Crippen molar-refractivity contribution >= 4 is 11.7 Å². The van der Waals surface area contributed by atoms with Gasteiger partial charge in [-0.1, -0.05) is 12.1 Å². The number of anilines is 1. The fraction of sp³-hybridized carbons (Fsp3) is 0.133. The van der Waals surface area contributed by atoms with Crippen LogP contribution in [0.3, 0.4) is 0 Å². The van der Waals surface area contributed by atoms with Gasteiger partial charge in [0.05, 0.1) is 12.8 Å². The van der Waals surface area contributed by atoms with Gasteiger partial charge >= 0.3 is 6.03 Å². The third-order valence-corrected chi connectivity index (χ3v) is 2.76. The largest absolute Gasteiger partial charge is 0.497 e. The maximum atomic E-state index is 13.4. The second-order valence-corrected chi connectivity index (χ2v) is 4.28. The molecular formula is C15H14F2N2O2. The highest BCUT2D eigenvalue weighted by atomic mass is 19.1. The number of halogens is 2. The van der Waals surface area contributed by atoms with Crippen LogP contribution in [0.5, 0.6) is 5.75 Å². The van der Waals surface area contributed by atoms with Crippen LogP contribution in [0.25, 0.3) is 0 Å². The van der Waals surface area contributed by atoms with Gasteiger partial charge in [-0.2, -0.15) is 0 Å². The van der Waals surface area contributed by atoms with Gasteiger partial charge in [0.1, 0.15) is 17.4 Å². The number of methoxy groups -OCH3 is 1. The van der Waals surface area contributed by atoms with Gasteiger partial charge < -0.3 is 15.4 Å². The van der Waals surface area contributed by atoms with Gasteiger partial charge in [0.15, 0.2) is 0 Å². The molecule has 4 nitrogen and oxygen atoms in total. The summed E-state index contributed by atoms with van der Waals surface area (Å²) < 4.78 is 31.4. The topological polar surface area (TPSA) is 50.4 Å². The van der Waals surface area contributed by atoms with Crippen molar-refractivity contribution in [2.45, 2.75) is 6.54 Å². The Morgan fingerprint density at radius 2 is 2.00 bits per heavy atom. The molecule has 0 aliphatic rings. The molecule has 0 spiro atoms. The van der Waals surface area contributed by atoms with Gasteiger partial charge in [-0.15, -0.1) is 0 Å². The smallest absolute Gasteiger partial charge is 0.319 e. The Morgan fingerprint density at radius 1 is 1.19 bits per heavy atom. The molecular weight excluding hydrogens is 278 g/mol. The van der Waals surface area contributed by atoms with Crippen molar-refractivity contribution in [1.29, 1.82) is 0 Å². The van der Waals surface area contributed by atoms with Crippen LogP contribution in [-0.2, 0) is 6.54 Å². The molecule has 2 rings (SSSR count). The summed E-state index contributed by atoms with van der Waals surface area (Å²) in [6.07, 6.45) is 0. The molecule has 0 aromatic heterocycles. The predicted molar refractivity (Wildman–Crippen MR) is 75.2 cm³/mol. The summed E-state index contributed by atoms with van der Waals surface area (Å²) >= 11 is 0. The van der Waals surface area contributed by atoms with Crippen molar-refractivity contribution in [1.82, 2.24) is 5.32 Å². The monoisotopic (exact) mass is 292 g/mol. The van der Waals surface area contributed by atoms with Crippen LogP contribution in [0.1, 0.15) is 5.56 Å². The first-order valence-corrected chi connectivity index (χ1v) is 6.21. The number of carbonyl (C=O) groups is 1. The second-order valence-electron chi connectivity index (χ2n) is 4.28.